The molecule has 2 aromatic rings. The fraction of sp³-hybridized carbons (Fsp3) is 0.263. The SMILES string of the molecule is CC(=O)c1cccc(NC(=O)CN(c2cc(C)ccc2C)S(C)(=O)=O)c1. The van der Waals surface area contributed by atoms with Gasteiger partial charge in [-0.15, -0.1) is 0 Å². The Balaban J connectivity index is 2.27. The van der Waals surface area contributed by atoms with Gasteiger partial charge >= 0.3 is 0 Å². The molecule has 0 spiro atoms. The molecule has 6 nitrogen and oxygen atoms in total. The van der Waals surface area contributed by atoms with E-state index in [2.05, 4.69) is 5.32 Å². The van der Waals surface area contributed by atoms with Crippen molar-refractivity contribution in [1.29, 1.82) is 0 Å². The normalized spacial score (nSPS) is 11.1. The van der Waals surface area contributed by atoms with E-state index in [9.17, 15) is 18.0 Å². The van der Waals surface area contributed by atoms with E-state index in [0.29, 0.717) is 16.9 Å². The lowest BCUT2D eigenvalue weighted by Crippen LogP contribution is -2.37. The molecule has 2 rings (SSSR count). The maximum absolute atomic E-state index is 12.4. The van der Waals surface area contributed by atoms with Crippen molar-refractivity contribution in [3.05, 3.63) is 59.2 Å². The van der Waals surface area contributed by atoms with Crippen molar-refractivity contribution in [2.75, 3.05) is 22.4 Å². The fourth-order valence-corrected chi connectivity index (χ4v) is 3.42. The molecule has 0 aliphatic carbocycles. The Morgan fingerprint density at radius 2 is 1.77 bits per heavy atom. The number of carbonyl (C=O) groups excluding carboxylic acids is 2. The quantitative estimate of drug-likeness (QED) is 0.788. The number of ketones is 1. The highest BCUT2D eigenvalue weighted by atomic mass is 32.2. The highest BCUT2D eigenvalue weighted by Gasteiger charge is 2.22. The van der Waals surface area contributed by atoms with Crippen LogP contribution in [0.25, 0.3) is 0 Å². The Morgan fingerprint density at radius 3 is 2.38 bits per heavy atom. The molecule has 26 heavy (non-hydrogen) atoms. The van der Waals surface area contributed by atoms with Gasteiger partial charge in [0.1, 0.15) is 6.54 Å². The van der Waals surface area contributed by atoms with Gasteiger partial charge in [-0.3, -0.25) is 13.9 Å². The molecule has 0 aromatic heterocycles. The van der Waals surface area contributed by atoms with E-state index in [4.69, 9.17) is 0 Å². The smallest absolute Gasteiger partial charge is 0.245 e. The third-order valence-corrected chi connectivity index (χ3v) is 5.00. The second kappa shape index (κ2) is 7.70. The van der Waals surface area contributed by atoms with Crippen molar-refractivity contribution in [1.82, 2.24) is 0 Å². The zero-order valence-electron chi connectivity index (χ0n) is 15.2. The molecule has 0 saturated carbocycles. The van der Waals surface area contributed by atoms with Gasteiger partial charge in [0.15, 0.2) is 5.78 Å². The van der Waals surface area contributed by atoms with Crippen LogP contribution in [0.2, 0.25) is 0 Å². The van der Waals surface area contributed by atoms with E-state index in [0.717, 1.165) is 21.7 Å². The van der Waals surface area contributed by atoms with Crippen LogP contribution < -0.4 is 9.62 Å². The van der Waals surface area contributed by atoms with Crippen LogP contribution >= 0.6 is 0 Å². The molecule has 0 aliphatic heterocycles. The van der Waals surface area contributed by atoms with Crippen molar-refractivity contribution < 1.29 is 18.0 Å². The zero-order valence-corrected chi connectivity index (χ0v) is 16.1. The Kier molecular flexibility index (Phi) is 5.82. The largest absolute Gasteiger partial charge is 0.324 e. The molecule has 0 heterocycles. The summed E-state index contributed by atoms with van der Waals surface area (Å²) in [7, 11) is -3.65. The second-order valence-electron chi connectivity index (χ2n) is 6.24. The third-order valence-electron chi connectivity index (χ3n) is 3.87. The van der Waals surface area contributed by atoms with Gasteiger partial charge in [0.2, 0.25) is 15.9 Å². The summed E-state index contributed by atoms with van der Waals surface area (Å²) in [5.74, 6) is -0.605. The number of aryl methyl sites for hydroxylation is 2. The first-order valence-electron chi connectivity index (χ1n) is 8.04. The summed E-state index contributed by atoms with van der Waals surface area (Å²) in [5, 5.41) is 2.65. The van der Waals surface area contributed by atoms with Crippen LogP contribution in [-0.2, 0) is 14.8 Å². The monoisotopic (exact) mass is 374 g/mol. The van der Waals surface area contributed by atoms with Gasteiger partial charge in [0.25, 0.3) is 0 Å². The van der Waals surface area contributed by atoms with Crippen LogP contribution in [0.5, 0.6) is 0 Å². The molecule has 138 valence electrons. The average Bonchev–Trinajstić information content (AvgIpc) is 2.54. The number of benzene rings is 2. The third kappa shape index (κ3) is 4.92. The molecule has 0 atom stereocenters. The maximum Gasteiger partial charge on any atom is 0.245 e. The van der Waals surface area contributed by atoms with Crippen LogP contribution in [0.1, 0.15) is 28.4 Å². The first-order valence-corrected chi connectivity index (χ1v) is 9.88. The maximum atomic E-state index is 12.4. The number of nitrogens with zero attached hydrogens (tertiary/aromatic N) is 1. The van der Waals surface area contributed by atoms with Gasteiger partial charge in [0, 0.05) is 11.3 Å². The van der Waals surface area contributed by atoms with Crippen molar-refractivity contribution >= 4 is 33.1 Å². The van der Waals surface area contributed by atoms with Crippen LogP contribution in [-0.4, -0.2) is 32.9 Å². The van der Waals surface area contributed by atoms with Gasteiger partial charge in [-0.05, 0) is 50.1 Å². The molecule has 2 aromatic carbocycles. The predicted molar refractivity (Wildman–Crippen MR) is 103 cm³/mol. The van der Waals surface area contributed by atoms with Gasteiger partial charge in [-0.1, -0.05) is 24.3 Å². The molecule has 0 bridgehead atoms. The van der Waals surface area contributed by atoms with Gasteiger partial charge in [-0.2, -0.15) is 0 Å². The van der Waals surface area contributed by atoms with E-state index >= 15 is 0 Å². The number of sulfonamides is 1. The highest BCUT2D eigenvalue weighted by Crippen LogP contribution is 2.24. The zero-order chi connectivity index (χ0) is 19.5. The number of rotatable bonds is 6. The molecule has 0 unspecified atom stereocenters. The van der Waals surface area contributed by atoms with E-state index in [1.165, 1.54) is 6.92 Å². The summed E-state index contributed by atoms with van der Waals surface area (Å²) < 4.78 is 25.5. The van der Waals surface area contributed by atoms with Gasteiger partial charge in [0.05, 0.1) is 11.9 Å². The number of anilines is 2. The molecule has 1 N–H and O–H groups in total. The predicted octanol–water partition coefficient (Wildman–Crippen LogP) is 2.91. The van der Waals surface area contributed by atoms with Crippen LogP contribution in [0.4, 0.5) is 11.4 Å². The van der Waals surface area contributed by atoms with Gasteiger partial charge < -0.3 is 5.32 Å². The first kappa shape index (κ1) is 19.7. The number of Topliss-reactive ketones (excluding diaryl/α,β-unsaturated/α-hetero) is 1. The van der Waals surface area contributed by atoms with Crippen molar-refractivity contribution in [2.24, 2.45) is 0 Å². The van der Waals surface area contributed by atoms with E-state index in [1.807, 2.05) is 19.1 Å². The van der Waals surface area contributed by atoms with E-state index in [-0.39, 0.29) is 12.3 Å². The Bertz CT molecular complexity index is 952. The molecule has 0 fully saturated rings. The van der Waals surface area contributed by atoms with Crippen molar-refractivity contribution in [2.45, 2.75) is 20.8 Å². The highest BCUT2D eigenvalue weighted by molar-refractivity contribution is 7.92. The average molecular weight is 374 g/mol. The minimum Gasteiger partial charge on any atom is -0.324 e. The number of amides is 1. The van der Waals surface area contributed by atoms with Crippen molar-refractivity contribution in [3.8, 4) is 0 Å². The van der Waals surface area contributed by atoms with Crippen molar-refractivity contribution in [3.63, 3.8) is 0 Å². The number of hydrogen-bond donors (Lipinski definition) is 1. The van der Waals surface area contributed by atoms with Crippen LogP contribution in [0.15, 0.2) is 42.5 Å². The van der Waals surface area contributed by atoms with E-state index < -0.39 is 15.9 Å². The molecule has 1 amide bonds. The van der Waals surface area contributed by atoms with Crippen LogP contribution in [0.3, 0.4) is 0 Å². The lowest BCUT2D eigenvalue weighted by molar-refractivity contribution is -0.114. The summed E-state index contributed by atoms with van der Waals surface area (Å²) >= 11 is 0. The molecular weight excluding hydrogens is 352 g/mol. The molecule has 0 radical (unpaired) electrons. The Labute approximate surface area is 153 Å². The first-order chi connectivity index (χ1) is 12.1. The summed E-state index contributed by atoms with van der Waals surface area (Å²) in [4.78, 5) is 23.9. The number of carbonyl (C=O) groups is 2. The summed E-state index contributed by atoms with van der Waals surface area (Å²) in [5.41, 5.74) is 3.04. The lowest BCUT2D eigenvalue weighted by Gasteiger charge is -2.24. The molecule has 0 aliphatic rings. The number of hydrogen-bond acceptors (Lipinski definition) is 4. The topological polar surface area (TPSA) is 83.6 Å². The minimum atomic E-state index is -3.65. The summed E-state index contributed by atoms with van der Waals surface area (Å²) in [6.07, 6.45) is 1.07. The minimum absolute atomic E-state index is 0.116. The summed E-state index contributed by atoms with van der Waals surface area (Å²) in [6.45, 7) is 4.73. The standard InChI is InChI=1S/C19H22N2O4S/c1-13-8-9-14(2)18(10-13)21(26(4,24)25)12-19(23)20-17-7-5-6-16(11-17)15(3)22/h5-11H,12H2,1-4H3,(H,20,23). The molecule has 0 saturated heterocycles. The van der Waals surface area contributed by atoms with Gasteiger partial charge in [-0.25, -0.2) is 8.42 Å². The fourth-order valence-electron chi connectivity index (χ4n) is 2.52. The van der Waals surface area contributed by atoms with E-state index in [1.54, 1.807) is 37.3 Å². The second-order valence-corrected chi connectivity index (χ2v) is 8.15. The molecular formula is C19H22N2O4S. The molecule has 7 heteroatoms. The number of nitrogens with one attached hydrogen (secondary N) is 1. The van der Waals surface area contributed by atoms with Crippen LogP contribution in [0, 0.1) is 13.8 Å². The summed E-state index contributed by atoms with van der Waals surface area (Å²) in [6, 6.07) is 11.9. The Morgan fingerprint density at radius 1 is 1.08 bits per heavy atom. The lowest BCUT2D eigenvalue weighted by atomic mass is 10.1. The Hall–Kier alpha value is -2.67.